The van der Waals surface area contributed by atoms with Crippen LogP contribution in [0.4, 0.5) is 0 Å². The van der Waals surface area contributed by atoms with Crippen LogP contribution in [0.1, 0.15) is 19.4 Å². The van der Waals surface area contributed by atoms with Crippen molar-refractivity contribution in [2.45, 2.75) is 20.4 Å². The summed E-state index contributed by atoms with van der Waals surface area (Å²) in [5.41, 5.74) is 1.41. The molecule has 0 aliphatic heterocycles. The van der Waals surface area contributed by atoms with Crippen molar-refractivity contribution < 1.29 is 9.64 Å². The van der Waals surface area contributed by atoms with Gasteiger partial charge in [-0.15, -0.1) is 0 Å². The summed E-state index contributed by atoms with van der Waals surface area (Å²) in [7, 11) is 5.85. The third-order valence-electron chi connectivity index (χ3n) is 4.32. The van der Waals surface area contributed by atoms with E-state index in [1.165, 1.54) is 4.90 Å². The van der Waals surface area contributed by atoms with E-state index >= 15 is 0 Å². The molecule has 0 aliphatic carbocycles. The Morgan fingerprint density at radius 1 is 1.33 bits per heavy atom. The number of nitrogens with one attached hydrogen (secondary N) is 3. The van der Waals surface area contributed by atoms with Crippen LogP contribution in [0.25, 0.3) is 10.9 Å². The highest BCUT2D eigenvalue weighted by molar-refractivity contribution is 7.80. The van der Waals surface area contributed by atoms with E-state index in [-0.39, 0.29) is 5.56 Å². The van der Waals surface area contributed by atoms with Crippen molar-refractivity contribution in [3.8, 4) is 5.75 Å². The lowest BCUT2D eigenvalue weighted by molar-refractivity contribution is -0.857. The number of methoxy groups -OCH3 is 1. The Hall–Kier alpha value is -2.12. The van der Waals surface area contributed by atoms with Crippen LogP contribution < -0.4 is 20.5 Å². The first-order valence-electron chi connectivity index (χ1n) is 9.32. The van der Waals surface area contributed by atoms with Crippen molar-refractivity contribution in [2.24, 2.45) is 5.92 Å². The lowest BCUT2D eigenvalue weighted by Crippen LogP contribution is -3.06. The van der Waals surface area contributed by atoms with Gasteiger partial charge in [0, 0.05) is 23.0 Å². The standard InChI is InChI=1S/C20H30N4O2S/c1-14(2)12-21-20(27)24(9-8-23(3)4)13-16-10-15-11-17(26-5)6-7-18(15)22-19(16)25/h6-7,10-11,14H,8-9,12-13H2,1-5H3,(H,21,27)(H,22,25)/p+1. The summed E-state index contributed by atoms with van der Waals surface area (Å²) in [6.07, 6.45) is 0. The van der Waals surface area contributed by atoms with E-state index < -0.39 is 0 Å². The van der Waals surface area contributed by atoms with Gasteiger partial charge in [0.2, 0.25) is 0 Å². The van der Waals surface area contributed by atoms with Gasteiger partial charge >= 0.3 is 0 Å². The van der Waals surface area contributed by atoms with Gasteiger partial charge in [0.1, 0.15) is 5.75 Å². The zero-order chi connectivity index (χ0) is 20.0. The maximum atomic E-state index is 12.6. The molecule has 27 heavy (non-hydrogen) atoms. The second-order valence-corrected chi connectivity index (χ2v) is 7.92. The van der Waals surface area contributed by atoms with Gasteiger partial charge in [-0.1, -0.05) is 13.8 Å². The number of aromatic nitrogens is 1. The van der Waals surface area contributed by atoms with Crippen LogP contribution in [0.5, 0.6) is 5.75 Å². The molecule has 0 amide bonds. The number of ether oxygens (including phenoxy) is 1. The molecule has 0 atom stereocenters. The zero-order valence-corrected chi connectivity index (χ0v) is 17.7. The molecule has 2 rings (SSSR count). The summed E-state index contributed by atoms with van der Waals surface area (Å²) < 4.78 is 5.29. The van der Waals surface area contributed by atoms with Crippen molar-refractivity contribution in [3.05, 3.63) is 40.2 Å². The number of likely N-dealkylation sites (N-methyl/N-ethyl adjacent to an activating group) is 1. The van der Waals surface area contributed by atoms with Crippen LogP contribution in [0.2, 0.25) is 0 Å². The zero-order valence-electron chi connectivity index (χ0n) is 16.9. The highest BCUT2D eigenvalue weighted by Gasteiger charge is 2.15. The molecule has 1 aromatic heterocycles. The number of hydrogen-bond donors (Lipinski definition) is 3. The fourth-order valence-corrected chi connectivity index (χ4v) is 2.93. The average molecular weight is 392 g/mol. The number of thiocarbonyl (C=S) groups is 1. The Kier molecular flexibility index (Phi) is 7.62. The van der Waals surface area contributed by atoms with E-state index in [4.69, 9.17) is 17.0 Å². The molecule has 148 valence electrons. The third-order valence-corrected chi connectivity index (χ3v) is 4.72. The number of H-pyrrole nitrogens is 1. The van der Waals surface area contributed by atoms with Gasteiger partial charge in [-0.25, -0.2) is 0 Å². The predicted octanol–water partition coefficient (Wildman–Crippen LogP) is 1.01. The molecule has 0 fully saturated rings. The minimum Gasteiger partial charge on any atom is -0.497 e. The summed E-state index contributed by atoms with van der Waals surface area (Å²) >= 11 is 5.60. The number of quaternary nitrogens is 1. The molecule has 1 aromatic carbocycles. The Labute approximate surface area is 166 Å². The molecule has 0 unspecified atom stereocenters. The minimum atomic E-state index is -0.0819. The SMILES string of the molecule is COc1ccc2[nH]c(=O)c(CN(CC[NH+](C)C)C(=S)NCC(C)C)cc2c1. The first-order chi connectivity index (χ1) is 12.8. The molecule has 0 saturated carbocycles. The molecule has 1 heterocycles. The smallest absolute Gasteiger partial charge is 0.253 e. The minimum absolute atomic E-state index is 0.0819. The van der Waals surface area contributed by atoms with E-state index in [0.29, 0.717) is 23.1 Å². The van der Waals surface area contributed by atoms with Crippen LogP contribution >= 0.6 is 12.2 Å². The molecule has 2 aromatic rings. The molecule has 0 saturated heterocycles. The maximum absolute atomic E-state index is 12.6. The number of nitrogens with zero attached hydrogens (tertiary/aromatic N) is 1. The molecular weight excluding hydrogens is 360 g/mol. The van der Waals surface area contributed by atoms with Crippen molar-refractivity contribution in [3.63, 3.8) is 0 Å². The Bertz CT molecular complexity index is 832. The lowest BCUT2D eigenvalue weighted by atomic mass is 10.1. The van der Waals surface area contributed by atoms with Gasteiger partial charge in [0.15, 0.2) is 5.11 Å². The number of hydrogen-bond acceptors (Lipinski definition) is 3. The summed E-state index contributed by atoms with van der Waals surface area (Å²) in [4.78, 5) is 18.9. The fourth-order valence-electron chi connectivity index (χ4n) is 2.69. The van der Waals surface area contributed by atoms with E-state index in [1.807, 2.05) is 24.3 Å². The predicted molar refractivity (Wildman–Crippen MR) is 115 cm³/mol. The second-order valence-electron chi connectivity index (χ2n) is 7.54. The van der Waals surface area contributed by atoms with Gasteiger partial charge in [-0.3, -0.25) is 4.79 Å². The van der Waals surface area contributed by atoms with Gasteiger partial charge in [0.25, 0.3) is 5.56 Å². The van der Waals surface area contributed by atoms with Crippen molar-refractivity contribution >= 4 is 28.2 Å². The quantitative estimate of drug-likeness (QED) is 0.587. The number of rotatable bonds is 8. The Balaban J connectivity index is 2.27. The summed E-state index contributed by atoms with van der Waals surface area (Å²) in [6, 6.07) is 7.56. The van der Waals surface area contributed by atoms with E-state index in [9.17, 15) is 4.79 Å². The topological polar surface area (TPSA) is 61.8 Å². The van der Waals surface area contributed by atoms with Crippen LogP contribution in [-0.4, -0.2) is 55.8 Å². The van der Waals surface area contributed by atoms with Crippen LogP contribution in [0.3, 0.4) is 0 Å². The van der Waals surface area contributed by atoms with E-state index in [1.54, 1.807) is 7.11 Å². The van der Waals surface area contributed by atoms with Gasteiger partial charge in [-0.2, -0.15) is 0 Å². The number of pyridine rings is 1. The first kappa shape index (κ1) is 21.2. The fraction of sp³-hybridized carbons (Fsp3) is 0.500. The molecule has 0 radical (unpaired) electrons. The highest BCUT2D eigenvalue weighted by atomic mass is 32.1. The molecule has 0 spiro atoms. The highest BCUT2D eigenvalue weighted by Crippen LogP contribution is 2.19. The molecule has 0 aliphatic rings. The largest absolute Gasteiger partial charge is 0.497 e. The molecule has 3 N–H and O–H groups in total. The average Bonchev–Trinajstić information content (AvgIpc) is 2.62. The Morgan fingerprint density at radius 2 is 2.07 bits per heavy atom. The monoisotopic (exact) mass is 391 g/mol. The molecule has 7 heteroatoms. The van der Waals surface area contributed by atoms with Crippen molar-refractivity contribution in [1.29, 1.82) is 0 Å². The van der Waals surface area contributed by atoms with Gasteiger partial charge < -0.3 is 24.8 Å². The first-order valence-corrected chi connectivity index (χ1v) is 9.72. The summed E-state index contributed by atoms with van der Waals surface area (Å²) in [6.45, 7) is 7.29. The molecule has 0 bridgehead atoms. The molecule has 6 nitrogen and oxygen atoms in total. The van der Waals surface area contributed by atoms with Gasteiger partial charge in [-0.05, 0) is 42.4 Å². The number of aromatic amines is 1. The van der Waals surface area contributed by atoms with Crippen LogP contribution in [0.15, 0.2) is 29.1 Å². The second kappa shape index (κ2) is 9.71. The maximum Gasteiger partial charge on any atom is 0.253 e. The normalized spacial score (nSPS) is 11.2. The van der Waals surface area contributed by atoms with E-state index in [2.05, 4.69) is 43.1 Å². The lowest BCUT2D eigenvalue weighted by Gasteiger charge is -2.26. The third kappa shape index (κ3) is 6.22. The number of fused-ring (bicyclic) bond motifs is 1. The Morgan fingerprint density at radius 3 is 2.70 bits per heavy atom. The van der Waals surface area contributed by atoms with Gasteiger partial charge in [0.05, 0.1) is 40.8 Å². The summed E-state index contributed by atoms with van der Waals surface area (Å²) in [5.74, 6) is 1.27. The van der Waals surface area contributed by atoms with Crippen LogP contribution in [-0.2, 0) is 6.54 Å². The van der Waals surface area contributed by atoms with Crippen molar-refractivity contribution in [1.82, 2.24) is 15.2 Å². The summed E-state index contributed by atoms with van der Waals surface area (Å²) in [5, 5.41) is 4.95. The molecular formula is C20H31N4O2S+. The van der Waals surface area contributed by atoms with E-state index in [0.717, 1.165) is 36.3 Å². The van der Waals surface area contributed by atoms with Crippen LogP contribution in [0, 0.1) is 5.92 Å². The number of benzene rings is 1. The van der Waals surface area contributed by atoms with Crippen molar-refractivity contribution in [2.75, 3.05) is 40.8 Å².